The normalized spacial score (nSPS) is 11.7. The van der Waals surface area contributed by atoms with Crippen molar-refractivity contribution in [2.75, 3.05) is 11.9 Å². The summed E-state index contributed by atoms with van der Waals surface area (Å²) in [4.78, 5) is 16.3. The highest BCUT2D eigenvalue weighted by Gasteiger charge is 2.22. The number of carbonyl (C=O) groups excluding carboxylic acids is 1. The van der Waals surface area contributed by atoms with Crippen LogP contribution in [-0.2, 0) is 0 Å². The van der Waals surface area contributed by atoms with Crippen LogP contribution in [0.25, 0.3) is 10.4 Å². The molecule has 1 unspecified atom stereocenters. The first-order valence-corrected chi connectivity index (χ1v) is 9.75. The second kappa shape index (κ2) is 8.57. The Kier molecular flexibility index (Phi) is 6.10. The molecule has 0 saturated carbocycles. The van der Waals surface area contributed by atoms with E-state index in [0.29, 0.717) is 22.6 Å². The Labute approximate surface area is 175 Å². The molecule has 3 rings (SSSR count). The van der Waals surface area contributed by atoms with E-state index in [9.17, 15) is 18.7 Å². The van der Waals surface area contributed by atoms with Gasteiger partial charge in [0, 0.05) is 17.4 Å². The quantitative estimate of drug-likeness (QED) is 0.545. The summed E-state index contributed by atoms with van der Waals surface area (Å²) in [5, 5.41) is 21.4. The van der Waals surface area contributed by atoms with Gasteiger partial charge in [0.15, 0.2) is 0 Å². The standard InChI is InChI=1S/C21H18F2N4O2S/c1-10(9-28)13-5-15(22)19(16(23)6-13)17-7-14(20(25)29)21(30-17)27-18-4-3-12(8-24)11(2)26-18/h3-7,10,28H,9H2,1-2H3,(H2,25,29)(H,26,27). The fourth-order valence-electron chi connectivity index (χ4n) is 2.87. The molecule has 6 nitrogen and oxygen atoms in total. The van der Waals surface area contributed by atoms with Crippen molar-refractivity contribution >= 4 is 28.1 Å². The van der Waals surface area contributed by atoms with Gasteiger partial charge in [-0.3, -0.25) is 4.79 Å². The molecule has 3 aromatic rings. The maximum atomic E-state index is 14.7. The van der Waals surface area contributed by atoms with Crippen LogP contribution in [0.15, 0.2) is 30.3 Å². The number of nitrogens with zero attached hydrogens (tertiary/aromatic N) is 2. The minimum atomic E-state index is -0.804. The number of thiophene rings is 1. The van der Waals surface area contributed by atoms with Crippen LogP contribution in [0.1, 0.15) is 40.0 Å². The lowest BCUT2D eigenvalue weighted by Crippen LogP contribution is -2.11. The van der Waals surface area contributed by atoms with Gasteiger partial charge in [0.1, 0.15) is 28.5 Å². The van der Waals surface area contributed by atoms with Gasteiger partial charge in [-0.05, 0) is 42.8 Å². The van der Waals surface area contributed by atoms with Gasteiger partial charge < -0.3 is 16.2 Å². The summed E-state index contributed by atoms with van der Waals surface area (Å²) in [5.74, 6) is -2.44. The van der Waals surface area contributed by atoms with Crippen molar-refractivity contribution in [2.24, 2.45) is 5.73 Å². The lowest BCUT2D eigenvalue weighted by atomic mass is 9.99. The second-order valence-electron chi connectivity index (χ2n) is 6.73. The van der Waals surface area contributed by atoms with E-state index in [1.165, 1.54) is 18.2 Å². The number of benzene rings is 1. The smallest absolute Gasteiger partial charge is 0.251 e. The van der Waals surface area contributed by atoms with E-state index in [0.717, 1.165) is 11.3 Å². The van der Waals surface area contributed by atoms with Crippen LogP contribution in [0.3, 0.4) is 0 Å². The highest BCUT2D eigenvalue weighted by atomic mass is 32.1. The van der Waals surface area contributed by atoms with Crippen LogP contribution in [0, 0.1) is 29.9 Å². The highest BCUT2D eigenvalue weighted by Crippen LogP contribution is 2.39. The highest BCUT2D eigenvalue weighted by molar-refractivity contribution is 7.20. The number of hydrogen-bond acceptors (Lipinski definition) is 6. The molecule has 0 saturated heterocycles. The molecule has 0 radical (unpaired) electrons. The minimum Gasteiger partial charge on any atom is -0.396 e. The summed E-state index contributed by atoms with van der Waals surface area (Å²) in [7, 11) is 0. The molecule has 0 aliphatic carbocycles. The molecule has 30 heavy (non-hydrogen) atoms. The number of rotatable bonds is 6. The number of aryl methyl sites for hydroxylation is 1. The van der Waals surface area contributed by atoms with E-state index in [1.54, 1.807) is 26.0 Å². The third kappa shape index (κ3) is 4.15. The van der Waals surface area contributed by atoms with Crippen molar-refractivity contribution in [1.82, 2.24) is 4.98 Å². The zero-order valence-electron chi connectivity index (χ0n) is 16.2. The molecular weight excluding hydrogens is 410 g/mol. The van der Waals surface area contributed by atoms with Crippen molar-refractivity contribution in [3.05, 3.63) is 64.4 Å². The molecule has 9 heteroatoms. The predicted octanol–water partition coefficient (Wildman–Crippen LogP) is 4.21. The Morgan fingerprint density at radius 3 is 2.53 bits per heavy atom. The lowest BCUT2D eigenvalue weighted by Gasteiger charge is -2.11. The van der Waals surface area contributed by atoms with E-state index in [4.69, 9.17) is 11.0 Å². The molecule has 2 aromatic heterocycles. The van der Waals surface area contributed by atoms with Gasteiger partial charge in [0.05, 0.1) is 22.4 Å². The van der Waals surface area contributed by atoms with Crippen LogP contribution in [-0.4, -0.2) is 22.6 Å². The van der Waals surface area contributed by atoms with E-state index in [1.807, 2.05) is 6.07 Å². The number of halogens is 2. The minimum absolute atomic E-state index is 0.0606. The summed E-state index contributed by atoms with van der Waals surface area (Å²) in [6.45, 7) is 3.07. The fourth-order valence-corrected chi connectivity index (χ4v) is 3.99. The van der Waals surface area contributed by atoms with Gasteiger partial charge in [-0.2, -0.15) is 5.26 Å². The molecule has 1 aromatic carbocycles. The number of aliphatic hydroxyl groups is 1. The van der Waals surface area contributed by atoms with Crippen LogP contribution < -0.4 is 11.1 Å². The summed E-state index contributed by atoms with van der Waals surface area (Å²) in [6, 6.07) is 8.80. The molecular formula is C21H18F2N4O2S. The van der Waals surface area contributed by atoms with Gasteiger partial charge in [0.25, 0.3) is 5.91 Å². The molecule has 0 fully saturated rings. The SMILES string of the molecule is Cc1nc(Nc2sc(-c3c(F)cc(C(C)CO)cc3F)cc2C(N)=O)ccc1C#N. The summed E-state index contributed by atoms with van der Waals surface area (Å²) >= 11 is 0.954. The number of aromatic nitrogens is 1. The fraction of sp³-hybridized carbons (Fsp3) is 0.190. The first-order chi connectivity index (χ1) is 14.2. The second-order valence-corrected chi connectivity index (χ2v) is 7.78. The van der Waals surface area contributed by atoms with E-state index >= 15 is 0 Å². The Balaban J connectivity index is 2.04. The van der Waals surface area contributed by atoms with Crippen LogP contribution >= 0.6 is 11.3 Å². The average Bonchev–Trinajstić information content (AvgIpc) is 3.10. The number of hydrogen-bond donors (Lipinski definition) is 3. The predicted molar refractivity (Wildman–Crippen MR) is 111 cm³/mol. The van der Waals surface area contributed by atoms with Crippen molar-refractivity contribution < 1.29 is 18.7 Å². The number of pyridine rings is 1. The first kappa shape index (κ1) is 21.4. The van der Waals surface area contributed by atoms with E-state index in [2.05, 4.69) is 10.3 Å². The van der Waals surface area contributed by atoms with E-state index in [-0.39, 0.29) is 27.6 Å². The largest absolute Gasteiger partial charge is 0.396 e. The molecule has 0 spiro atoms. The third-order valence-corrected chi connectivity index (χ3v) is 5.67. The Morgan fingerprint density at radius 1 is 1.33 bits per heavy atom. The van der Waals surface area contributed by atoms with Gasteiger partial charge >= 0.3 is 0 Å². The van der Waals surface area contributed by atoms with Crippen molar-refractivity contribution in [3.8, 4) is 16.5 Å². The lowest BCUT2D eigenvalue weighted by molar-refractivity contribution is 0.100. The number of primary amides is 1. The zero-order valence-corrected chi connectivity index (χ0v) is 17.0. The Morgan fingerprint density at radius 2 is 2.00 bits per heavy atom. The van der Waals surface area contributed by atoms with Crippen molar-refractivity contribution in [2.45, 2.75) is 19.8 Å². The van der Waals surface area contributed by atoms with Crippen LogP contribution in [0.2, 0.25) is 0 Å². The summed E-state index contributed by atoms with van der Waals surface area (Å²) < 4.78 is 29.4. The van der Waals surface area contributed by atoms with E-state index < -0.39 is 23.5 Å². The number of amides is 1. The van der Waals surface area contributed by atoms with Gasteiger partial charge in [-0.25, -0.2) is 13.8 Å². The zero-order chi connectivity index (χ0) is 22.0. The van der Waals surface area contributed by atoms with Crippen molar-refractivity contribution in [3.63, 3.8) is 0 Å². The van der Waals surface area contributed by atoms with Gasteiger partial charge in [-0.15, -0.1) is 11.3 Å². The number of nitrogens with one attached hydrogen (secondary N) is 1. The number of nitriles is 1. The molecule has 4 N–H and O–H groups in total. The van der Waals surface area contributed by atoms with Gasteiger partial charge in [0.2, 0.25) is 0 Å². The Hall–Kier alpha value is -3.35. The third-order valence-electron chi connectivity index (χ3n) is 4.60. The molecule has 1 amide bonds. The monoisotopic (exact) mass is 428 g/mol. The summed E-state index contributed by atoms with van der Waals surface area (Å²) in [5.41, 5.74) is 6.45. The van der Waals surface area contributed by atoms with Crippen LogP contribution in [0.4, 0.5) is 19.6 Å². The number of nitrogens with two attached hydrogens (primary N) is 1. The van der Waals surface area contributed by atoms with Crippen molar-refractivity contribution in [1.29, 1.82) is 5.26 Å². The average molecular weight is 428 g/mol. The molecule has 0 bridgehead atoms. The molecule has 2 heterocycles. The summed E-state index contributed by atoms with van der Waals surface area (Å²) in [6.07, 6.45) is 0. The van der Waals surface area contributed by atoms with Gasteiger partial charge in [-0.1, -0.05) is 6.92 Å². The number of carbonyl (C=O) groups is 1. The molecule has 0 aliphatic rings. The Bertz CT molecular complexity index is 1150. The topological polar surface area (TPSA) is 112 Å². The first-order valence-electron chi connectivity index (χ1n) is 8.93. The maximum absolute atomic E-state index is 14.7. The number of anilines is 2. The maximum Gasteiger partial charge on any atom is 0.251 e. The molecule has 0 aliphatic heterocycles. The van der Waals surface area contributed by atoms with Crippen LogP contribution in [0.5, 0.6) is 0 Å². The molecule has 154 valence electrons. The number of aliphatic hydroxyl groups excluding tert-OH is 1. The molecule has 1 atom stereocenters.